The Labute approximate surface area is 821 Å². The molecular weight excluding hydrogens is 1960 g/mol. The van der Waals surface area contributed by atoms with Crippen LogP contribution in [0.15, 0.2) is 233 Å². The molecule has 0 spiro atoms. The number of esters is 5. The van der Waals surface area contributed by atoms with Crippen molar-refractivity contribution in [1.29, 1.82) is 0 Å². The molecule has 0 fully saturated rings. The highest BCUT2D eigenvalue weighted by atomic mass is 127. The first-order valence-electron chi connectivity index (χ1n) is 41.1. The van der Waals surface area contributed by atoms with Crippen LogP contribution in [0.2, 0.25) is 5.15 Å². The minimum atomic E-state index is -0.650. The van der Waals surface area contributed by atoms with Gasteiger partial charge in [0.25, 0.3) is 11.1 Å². The number of Topliss-reactive ketones (excluding diaryl/α,β-unsaturated/α-hetero) is 3. The lowest BCUT2D eigenvalue weighted by Crippen LogP contribution is -2.28. The number of carbonyl (C=O) groups excluding carboxylic acids is 10. The smallest absolute Gasteiger partial charge is 0.338 e. The molecule has 0 unspecified atom stereocenters. The number of pyridine rings is 3. The molecule has 11 aromatic rings. The highest BCUT2D eigenvalue weighted by Crippen LogP contribution is 2.29. The highest BCUT2D eigenvalue weighted by Gasteiger charge is 2.20. The number of aromatic hydroxyl groups is 1. The topological polar surface area (TPSA) is 347 Å². The van der Waals surface area contributed by atoms with Crippen molar-refractivity contribution in [2.24, 2.45) is 0 Å². The van der Waals surface area contributed by atoms with E-state index in [1.165, 1.54) is 60.8 Å². The van der Waals surface area contributed by atoms with Crippen LogP contribution >= 0.6 is 67.4 Å². The van der Waals surface area contributed by atoms with Gasteiger partial charge in [0.1, 0.15) is 28.2 Å². The van der Waals surface area contributed by atoms with Gasteiger partial charge in [-0.15, -0.1) is 24.0 Å². The normalized spacial score (nSPS) is 8.58. The van der Waals surface area contributed by atoms with Crippen LogP contribution in [0.25, 0.3) is 38.1 Å². The fourth-order valence-corrected chi connectivity index (χ4v) is 10.5. The summed E-state index contributed by atoms with van der Waals surface area (Å²) in [5.74, 6) is -1.05. The van der Waals surface area contributed by atoms with Crippen molar-refractivity contribution in [1.82, 2.24) is 19.9 Å². The summed E-state index contributed by atoms with van der Waals surface area (Å²) in [6, 6.07) is 55.5. The molecule has 132 heavy (non-hydrogen) atoms. The van der Waals surface area contributed by atoms with Crippen molar-refractivity contribution in [3.05, 3.63) is 300 Å². The monoisotopic (exact) mass is 2100 g/mol. The van der Waals surface area contributed by atoms with Crippen LogP contribution in [0.1, 0.15) is 250 Å². The fourth-order valence-electron chi connectivity index (χ4n) is 9.54. The van der Waals surface area contributed by atoms with E-state index in [2.05, 4.69) is 79.3 Å². The van der Waals surface area contributed by atoms with Crippen LogP contribution < -0.4 is 20.6 Å². The van der Waals surface area contributed by atoms with Crippen LogP contribution in [0.5, 0.6) is 17.2 Å². The average Bonchev–Trinajstić information content (AvgIpc) is 0.813. The second-order valence-corrected chi connectivity index (χ2v) is 23.9. The van der Waals surface area contributed by atoms with Gasteiger partial charge in [0, 0.05) is 62.1 Å². The molecule has 0 saturated heterocycles. The maximum atomic E-state index is 11.8. The molecule has 0 atom stereocenters. The molecule has 3 N–H and O–H groups in total. The summed E-state index contributed by atoms with van der Waals surface area (Å²) >= 11 is 12.2. The van der Waals surface area contributed by atoms with Crippen molar-refractivity contribution in [2.45, 2.75) is 160 Å². The summed E-state index contributed by atoms with van der Waals surface area (Å²) in [5.41, 5.74) is 3.07. The Hall–Kier alpha value is -12.1. The van der Waals surface area contributed by atoms with Gasteiger partial charge in [-0.3, -0.25) is 43.2 Å². The maximum Gasteiger partial charge on any atom is 0.338 e. The molecule has 3 aromatic heterocycles. The Bertz CT molecular complexity index is 5150. The highest BCUT2D eigenvalue weighted by molar-refractivity contribution is 14.0. The number of methoxy groups -OCH3 is 7. The van der Waals surface area contributed by atoms with Crippen LogP contribution in [0.4, 0.5) is 4.70 Å². The number of benzene rings is 8. The number of aromatic nitrogens is 3. The molecule has 2 amide bonds. The van der Waals surface area contributed by atoms with Crippen LogP contribution in [-0.2, 0) is 38.0 Å². The van der Waals surface area contributed by atoms with Crippen LogP contribution in [0.3, 0.4) is 0 Å². The minimum absolute atomic E-state index is 0. The number of H-pyrrole nitrogens is 2. The van der Waals surface area contributed by atoms with Gasteiger partial charge in [-0.05, 0) is 77.8 Å². The molecule has 11 rings (SSSR count). The third kappa shape index (κ3) is 49.8. The maximum absolute atomic E-state index is 11.8. The Kier molecular flexibility index (Phi) is 93.8. The number of hydrogen-bond donors (Lipinski definition) is 3. The first-order chi connectivity index (χ1) is 61.4. The molecule has 25 nitrogen and oxygen atoms in total. The first-order valence-corrected chi connectivity index (χ1v) is 43.3. The average molecular weight is 2100 g/mol. The number of alkyl halides is 1. The van der Waals surface area contributed by atoms with E-state index in [-0.39, 0.29) is 122 Å². The zero-order valence-electron chi connectivity index (χ0n) is 78.6. The van der Waals surface area contributed by atoms with Crippen LogP contribution in [-0.4, -0.2) is 153 Å². The van der Waals surface area contributed by atoms with E-state index in [0.29, 0.717) is 83.3 Å². The number of fused-ring (bicyclic) bond motifs is 3. The van der Waals surface area contributed by atoms with Gasteiger partial charge in [0.15, 0.2) is 17.3 Å². The molecule has 0 saturated carbocycles. The summed E-state index contributed by atoms with van der Waals surface area (Å²) in [7, 11) is 9.71. The van der Waals surface area contributed by atoms with Gasteiger partial charge in [0.05, 0.1) is 113 Å². The molecule has 0 radical (unpaired) electrons. The number of aromatic amines is 2. The molecular formula is C102H143Br2ClFIN4O21. The SMILES string of the molecule is C.C.C.C=C(OCCCC)c1ccccc1C(=O)OC.CC.CC.CC.CC.CC.CC.CC.CC.COC(=O)c1ccccc1Br.COC(=O)c1ccccc1C(=O)CBr.COC(=O)c1ccccc1C(=O)CN(C=O)C=O.COC(=O)c1ccccc1C(C)=O.COc1c[nH]c(=O)c2ccccc12.COc1cnc(Cl)c2ccccc12.F.I.O=c1[nH]cc(O)c2ccccc12.[2HH]. The lowest BCUT2D eigenvalue weighted by atomic mass is 10.0. The Morgan fingerprint density at radius 2 is 0.735 bits per heavy atom. The Balaban J connectivity index is -0.000000138. The van der Waals surface area contributed by atoms with E-state index >= 15 is 0 Å². The molecule has 732 valence electrons. The van der Waals surface area contributed by atoms with Crippen molar-refractivity contribution in [3.63, 3.8) is 0 Å². The fraction of sp³-hybridized carbons (Fsp3) is 0.324. The van der Waals surface area contributed by atoms with E-state index in [0.717, 1.165) is 39.2 Å². The first kappa shape index (κ1) is 140. The summed E-state index contributed by atoms with van der Waals surface area (Å²) in [6.07, 6.45) is 7.02. The molecule has 0 aliphatic heterocycles. The van der Waals surface area contributed by atoms with Gasteiger partial charge in [-0.2, -0.15) is 0 Å². The summed E-state index contributed by atoms with van der Waals surface area (Å²) in [5, 5.41) is 14.5. The van der Waals surface area contributed by atoms with Gasteiger partial charge in [-0.1, -0.05) is 326 Å². The predicted molar refractivity (Wildman–Crippen MR) is 559 cm³/mol. The number of hydrogen-bond acceptors (Lipinski definition) is 22. The summed E-state index contributed by atoms with van der Waals surface area (Å²) in [6.45, 7) is 39.6. The quantitative estimate of drug-likeness (QED) is 0.00734. The minimum Gasteiger partial charge on any atom is -0.506 e. The number of imide groups is 1. The van der Waals surface area contributed by atoms with Crippen LogP contribution in [0, 0.1) is 0 Å². The zero-order valence-corrected chi connectivity index (χ0v) is 84.8. The van der Waals surface area contributed by atoms with E-state index in [1.807, 2.05) is 165 Å². The number of amides is 2. The Morgan fingerprint density at radius 3 is 1.09 bits per heavy atom. The number of ketones is 3. The number of unbranched alkanes of at least 4 members (excludes halogenated alkanes) is 1. The number of rotatable bonds is 20. The van der Waals surface area contributed by atoms with Crippen molar-refractivity contribution < 1.29 is 97.1 Å². The molecule has 8 aromatic carbocycles. The van der Waals surface area contributed by atoms with Crippen molar-refractivity contribution in [2.75, 3.05) is 68.3 Å². The molecule has 0 aliphatic rings. The third-order valence-electron chi connectivity index (χ3n) is 15.1. The number of carbonyl (C=O) groups is 10. The van der Waals surface area contributed by atoms with Gasteiger partial charge < -0.3 is 53.0 Å². The molecule has 3 heterocycles. The largest absolute Gasteiger partial charge is 0.506 e. The third-order valence-corrected chi connectivity index (χ3v) is 16.6. The van der Waals surface area contributed by atoms with Crippen molar-refractivity contribution >= 4 is 166 Å². The molecule has 30 heteroatoms. The van der Waals surface area contributed by atoms with E-state index in [1.54, 1.807) is 154 Å². The Morgan fingerprint density at radius 1 is 0.439 bits per heavy atom. The number of nitrogens with one attached hydrogen (secondary N) is 2. The molecule has 0 aliphatic carbocycles. The van der Waals surface area contributed by atoms with Gasteiger partial charge in [-0.25, -0.2) is 29.0 Å². The number of nitrogens with zero attached hydrogens (tertiary/aromatic N) is 2. The summed E-state index contributed by atoms with van der Waals surface area (Å²) in [4.78, 5) is 144. The summed E-state index contributed by atoms with van der Waals surface area (Å²) < 4.78 is 39.4. The number of halogens is 5. The zero-order chi connectivity index (χ0) is 98.0. The van der Waals surface area contributed by atoms with E-state index in [4.69, 9.17) is 30.5 Å². The number of ether oxygens (including phenoxy) is 8. The van der Waals surface area contributed by atoms with Gasteiger partial charge >= 0.3 is 29.8 Å². The van der Waals surface area contributed by atoms with Crippen molar-refractivity contribution in [3.8, 4) is 17.2 Å². The lowest BCUT2D eigenvalue weighted by molar-refractivity contribution is -0.128. The second kappa shape index (κ2) is 88.2. The second-order valence-electron chi connectivity index (χ2n) is 22.1. The van der Waals surface area contributed by atoms with E-state index < -0.39 is 30.2 Å². The lowest BCUT2D eigenvalue weighted by Gasteiger charge is -2.11. The predicted octanol–water partition coefficient (Wildman–Crippen LogP) is 26.3. The standard InChI is InChI=1S/C14H18O3.C12H11NO5.C10H9BrO3.C10H8ClNO.C10H9NO2.C10H10O3.C9H7NO2.C8H7BrO2.8C2H6.3CH4.FH.HI.H2/c1-4-5-10-17-11(2)12-8-6-7-9-13(12)14(15)16-3;1-18-12(17)10-5-3-2-4-9(10)11(16)6-13(7-14)8-15;1-14-10(13)8-5-3-2-4-7(8)9(12)6-11;1-13-9-6-12-10(11)8-5-3-2-4-7(8)9;1-13-9-6-11-10(12)8-5-3-2-4-7(8)9;1-7(11)8-5-3-4-6-9(8)10(12)13-2;11-8-5-10-9(12)7-4-2-1-3-6(7)8;1-11-8(10)6-4-2-3-5-7(6)9;8*1-2;;;;;;/h6-9H,2,4-5,10H2,1,3H3;2-5,7-8H,6H2,1H3;2-5H,6H2,1H3;2-6H,1H3;2-6H,1H3,(H,11,12);3-6H,1-2H3;1-5,11H,(H,10,12);2-5H,1H3;8*1-2H3;3*1H4;3*1H/i;;;;;;;;;;;;;;;;;;;;;1+1. The van der Waals surface area contributed by atoms with Gasteiger partial charge in [0.2, 0.25) is 12.8 Å². The van der Waals surface area contributed by atoms with E-state index in [9.17, 15) is 62.6 Å². The molecule has 0 bridgehead atoms.